The summed E-state index contributed by atoms with van der Waals surface area (Å²) in [5.74, 6) is -0.296. The molecule has 3 aliphatic heterocycles. The van der Waals surface area contributed by atoms with E-state index in [1.807, 2.05) is 11.0 Å². The summed E-state index contributed by atoms with van der Waals surface area (Å²) in [6, 6.07) is 9.24. The van der Waals surface area contributed by atoms with Crippen molar-refractivity contribution in [1.29, 1.82) is 5.26 Å². The van der Waals surface area contributed by atoms with Gasteiger partial charge < -0.3 is 24.4 Å². The van der Waals surface area contributed by atoms with Crippen LogP contribution >= 0.6 is 34.8 Å². The molecule has 48 heavy (non-hydrogen) atoms. The van der Waals surface area contributed by atoms with Gasteiger partial charge in [-0.2, -0.15) is 5.26 Å². The minimum absolute atomic E-state index is 0.00785. The molecule has 3 atom stereocenters. The lowest BCUT2D eigenvalue weighted by Gasteiger charge is -2.28. The van der Waals surface area contributed by atoms with Gasteiger partial charge in [0.05, 0.1) is 43.8 Å². The summed E-state index contributed by atoms with van der Waals surface area (Å²) in [5, 5.41) is 15.3. The number of carbonyl (C=O) groups excluding carboxylic acids is 1. The van der Waals surface area contributed by atoms with E-state index in [1.165, 1.54) is 0 Å². The van der Waals surface area contributed by atoms with Gasteiger partial charge in [0.1, 0.15) is 12.1 Å². The molecule has 1 N–H and O–H groups in total. The number of amides is 1. The molecule has 1 amide bonds. The van der Waals surface area contributed by atoms with Gasteiger partial charge in [0, 0.05) is 55.0 Å². The fraction of sp³-hybridized carbons (Fsp3) is 0.472. The highest BCUT2D eigenvalue weighted by molar-refractivity contribution is 6.43. The van der Waals surface area contributed by atoms with Crippen molar-refractivity contribution in [3.8, 4) is 23.1 Å². The maximum absolute atomic E-state index is 17.3. The van der Waals surface area contributed by atoms with E-state index in [9.17, 15) is 10.1 Å². The number of ether oxygens (including phenoxy) is 1. The molecular formula is C36H38Cl3FN6O2. The van der Waals surface area contributed by atoms with E-state index in [1.54, 1.807) is 25.1 Å². The van der Waals surface area contributed by atoms with Crippen molar-refractivity contribution in [1.82, 2.24) is 24.7 Å². The van der Waals surface area contributed by atoms with Crippen LogP contribution < -0.4 is 10.1 Å². The Balaban J connectivity index is 1.57. The van der Waals surface area contributed by atoms with Gasteiger partial charge in [-0.1, -0.05) is 46.9 Å². The first kappa shape index (κ1) is 33.4. The zero-order valence-corrected chi connectivity index (χ0v) is 29.4. The van der Waals surface area contributed by atoms with Gasteiger partial charge in [0.15, 0.2) is 5.82 Å². The van der Waals surface area contributed by atoms with E-state index in [0.717, 1.165) is 56.4 Å². The Hall–Kier alpha value is -3.13. The average Bonchev–Trinajstić information content (AvgIpc) is 3.88. The Kier molecular flexibility index (Phi) is 9.49. The quantitative estimate of drug-likeness (QED) is 0.199. The van der Waals surface area contributed by atoms with E-state index >= 15 is 4.39 Å². The van der Waals surface area contributed by atoms with E-state index in [-0.39, 0.29) is 52.4 Å². The number of carbonyl (C=O) groups is 1. The molecule has 0 bridgehead atoms. The van der Waals surface area contributed by atoms with E-state index < -0.39 is 5.82 Å². The number of hydrogen-bond acceptors (Lipinski definition) is 6. The second kappa shape index (κ2) is 13.6. The number of aromatic nitrogens is 2. The van der Waals surface area contributed by atoms with Crippen LogP contribution in [-0.4, -0.2) is 71.1 Å². The third-order valence-corrected chi connectivity index (χ3v) is 11.6. The number of pyridine rings is 1. The number of fused-ring (bicyclic) bond motifs is 3. The Morgan fingerprint density at radius 1 is 1.17 bits per heavy atom. The molecule has 2 aromatic heterocycles. The number of aryl methyl sites for hydroxylation is 1. The van der Waals surface area contributed by atoms with Gasteiger partial charge >= 0.3 is 0 Å². The molecule has 0 spiro atoms. The van der Waals surface area contributed by atoms with Gasteiger partial charge in [0.2, 0.25) is 11.8 Å². The van der Waals surface area contributed by atoms with Crippen LogP contribution in [0.2, 0.25) is 15.1 Å². The first-order valence-electron chi connectivity index (χ1n) is 16.7. The van der Waals surface area contributed by atoms with Gasteiger partial charge in [-0.05, 0) is 76.4 Å². The standard InChI is InChI=1S/C36H38Cl3FN6O2/c1-20(47)45-16-6-11-27(45)35-31(39)29-34(46(35)22-12-14-42-18-22)25-17-21(7-4-13-41)28(24-9-3-10-26(37)30(24)38)32(40)33(25)43-36(29)48-19-23-8-5-15-44(23)2/h3,9-10,17,22-23,27,42H,4-8,11-12,14-16,18-19H2,1-2H3. The van der Waals surface area contributed by atoms with Crippen molar-refractivity contribution >= 4 is 62.5 Å². The summed E-state index contributed by atoms with van der Waals surface area (Å²) < 4.78 is 26.1. The first-order chi connectivity index (χ1) is 23.2. The highest BCUT2D eigenvalue weighted by Crippen LogP contribution is 2.49. The Bertz CT molecular complexity index is 1950. The number of halogens is 4. The smallest absolute Gasteiger partial charge is 0.225 e. The summed E-state index contributed by atoms with van der Waals surface area (Å²) in [4.78, 5) is 22.0. The number of rotatable bonds is 8. The number of benzene rings is 2. The largest absolute Gasteiger partial charge is 0.475 e. The average molecular weight is 712 g/mol. The molecule has 3 fully saturated rings. The normalized spacial score (nSPS) is 21.5. The van der Waals surface area contributed by atoms with Crippen LogP contribution in [-0.2, 0) is 11.2 Å². The minimum Gasteiger partial charge on any atom is -0.475 e. The monoisotopic (exact) mass is 710 g/mol. The summed E-state index contributed by atoms with van der Waals surface area (Å²) in [7, 11) is 2.08. The van der Waals surface area contributed by atoms with E-state index in [0.29, 0.717) is 58.1 Å². The second-order valence-corrected chi connectivity index (χ2v) is 14.4. The molecule has 0 aliphatic carbocycles. The van der Waals surface area contributed by atoms with E-state index in [2.05, 4.69) is 27.9 Å². The third-order valence-electron chi connectivity index (χ3n) is 10.4. The molecule has 0 saturated carbocycles. The van der Waals surface area contributed by atoms with Gasteiger partial charge in [-0.25, -0.2) is 9.37 Å². The zero-order chi connectivity index (χ0) is 33.7. The third kappa shape index (κ3) is 5.70. The summed E-state index contributed by atoms with van der Waals surface area (Å²) in [6.07, 6.45) is 5.01. The molecule has 3 saturated heterocycles. The van der Waals surface area contributed by atoms with Gasteiger partial charge in [-0.3, -0.25) is 4.79 Å². The van der Waals surface area contributed by atoms with E-state index in [4.69, 9.17) is 44.5 Å². The van der Waals surface area contributed by atoms with Crippen LogP contribution in [0.25, 0.3) is 32.9 Å². The Morgan fingerprint density at radius 3 is 2.69 bits per heavy atom. The predicted octanol–water partition coefficient (Wildman–Crippen LogP) is 8.10. The number of nitriles is 1. The highest BCUT2D eigenvalue weighted by atomic mass is 35.5. The maximum atomic E-state index is 17.3. The zero-order valence-electron chi connectivity index (χ0n) is 27.1. The molecule has 2 aromatic carbocycles. The van der Waals surface area contributed by atoms with Crippen molar-refractivity contribution in [3.63, 3.8) is 0 Å². The molecule has 3 unspecified atom stereocenters. The van der Waals surface area contributed by atoms with Crippen LogP contribution in [0.4, 0.5) is 4.39 Å². The topological polar surface area (TPSA) is 86.4 Å². The molecule has 3 aliphatic rings. The molecule has 4 aromatic rings. The number of likely N-dealkylation sites (N-methyl/N-ethyl adjacent to an activating group) is 1. The van der Waals surface area contributed by atoms with Crippen molar-refractivity contribution in [2.75, 3.05) is 39.8 Å². The minimum atomic E-state index is -0.560. The van der Waals surface area contributed by atoms with Crippen molar-refractivity contribution in [2.45, 2.75) is 70.0 Å². The maximum Gasteiger partial charge on any atom is 0.225 e. The van der Waals surface area contributed by atoms with Crippen LogP contribution in [0.5, 0.6) is 5.88 Å². The summed E-state index contributed by atoms with van der Waals surface area (Å²) in [5.41, 5.74) is 3.03. The van der Waals surface area contributed by atoms with Crippen molar-refractivity contribution in [3.05, 3.63) is 56.4 Å². The van der Waals surface area contributed by atoms with Crippen molar-refractivity contribution < 1.29 is 13.9 Å². The Labute approximate surface area is 294 Å². The van der Waals surface area contributed by atoms with Crippen LogP contribution in [0.3, 0.4) is 0 Å². The van der Waals surface area contributed by atoms with Crippen molar-refractivity contribution in [2.24, 2.45) is 0 Å². The molecule has 7 rings (SSSR count). The number of likely N-dealkylation sites (tertiary alicyclic amines) is 2. The Morgan fingerprint density at radius 2 is 1.98 bits per heavy atom. The van der Waals surface area contributed by atoms with Gasteiger partial charge in [0.25, 0.3) is 0 Å². The highest BCUT2D eigenvalue weighted by Gasteiger charge is 2.38. The second-order valence-electron chi connectivity index (χ2n) is 13.2. The van der Waals surface area contributed by atoms with Crippen LogP contribution in [0.1, 0.15) is 68.8 Å². The van der Waals surface area contributed by atoms with Crippen LogP contribution in [0, 0.1) is 17.1 Å². The number of hydrogen-bond donors (Lipinski definition) is 1. The fourth-order valence-corrected chi connectivity index (χ4v) is 8.78. The lowest BCUT2D eigenvalue weighted by molar-refractivity contribution is -0.129. The lowest BCUT2D eigenvalue weighted by atomic mass is 9.93. The molecular weight excluding hydrogens is 674 g/mol. The molecule has 0 radical (unpaired) electrons. The summed E-state index contributed by atoms with van der Waals surface area (Å²) in [6.45, 7) is 5.13. The lowest BCUT2D eigenvalue weighted by Crippen LogP contribution is -2.30. The van der Waals surface area contributed by atoms with Gasteiger partial charge in [-0.15, -0.1) is 0 Å². The first-order valence-corrected chi connectivity index (χ1v) is 17.8. The molecule has 12 heteroatoms. The summed E-state index contributed by atoms with van der Waals surface area (Å²) >= 11 is 20.6. The molecule has 5 heterocycles. The predicted molar refractivity (Wildman–Crippen MR) is 189 cm³/mol. The number of nitrogens with zero attached hydrogens (tertiary/aromatic N) is 5. The van der Waals surface area contributed by atoms with Crippen LogP contribution in [0.15, 0.2) is 24.3 Å². The molecule has 252 valence electrons. The fourth-order valence-electron chi connectivity index (χ4n) is 8.00. The molecule has 8 nitrogen and oxygen atoms in total. The SMILES string of the molecule is CC(=O)N1CCCC1c1c(Cl)c2c(OCC3CCCN3C)nc3c(F)c(-c4cccc(Cl)c4Cl)c(CCC#N)cc3c2n1C1CCNC1. The number of nitrogens with one attached hydrogen (secondary N) is 1.